The van der Waals surface area contributed by atoms with Gasteiger partial charge in [-0.1, -0.05) is 12.1 Å². The number of rotatable bonds is 3. The first kappa shape index (κ1) is 12.9. The smallest absolute Gasteiger partial charge is 0.249 e. The van der Waals surface area contributed by atoms with Crippen LogP contribution in [0.25, 0.3) is 0 Å². The summed E-state index contributed by atoms with van der Waals surface area (Å²) in [6.45, 7) is 2.60. The van der Waals surface area contributed by atoms with Crippen LogP contribution in [0.5, 0.6) is 0 Å². The molecule has 1 heterocycles. The highest BCUT2D eigenvalue weighted by molar-refractivity contribution is 6.27. The number of anilines is 1. The summed E-state index contributed by atoms with van der Waals surface area (Å²) < 4.78 is 0. The molecule has 0 saturated carbocycles. The van der Waals surface area contributed by atoms with Gasteiger partial charge in [-0.25, -0.2) is 0 Å². The fourth-order valence-corrected chi connectivity index (χ4v) is 2.18. The van der Waals surface area contributed by atoms with Crippen molar-refractivity contribution in [2.24, 2.45) is 0 Å². The van der Waals surface area contributed by atoms with Crippen molar-refractivity contribution in [1.29, 1.82) is 0 Å². The lowest BCUT2D eigenvalue weighted by Gasteiger charge is -2.17. The number of carbonyl (C=O) groups is 2. The van der Waals surface area contributed by atoms with E-state index in [0.29, 0.717) is 13.0 Å². The quantitative estimate of drug-likeness (QED) is 0.842. The molecular weight excluding hydrogens is 252 g/mol. The Bertz CT molecular complexity index is 476. The van der Waals surface area contributed by atoms with Gasteiger partial charge in [0, 0.05) is 12.2 Å². The van der Waals surface area contributed by atoms with E-state index in [1.54, 1.807) is 4.90 Å². The summed E-state index contributed by atoms with van der Waals surface area (Å²) in [6, 6.07) is 7.32. The number of carbonyl (C=O) groups excluding carboxylic acids is 2. The number of halogens is 1. The maximum absolute atomic E-state index is 12.1. The van der Waals surface area contributed by atoms with Gasteiger partial charge in [0.25, 0.3) is 0 Å². The van der Waals surface area contributed by atoms with Crippen LogP contribution in [0.2, 0.25) is 0 Å². The molecule has 1 unspecified atom stereocenters. The molecule has 2 amide bonds. The van der Waals surface area contributed by atoms with Crippen molar-refractivity contribution in [1.82, 2.24) is 5.32 Å². The molecule has 18 heavy (non-hydrogen) atoms. The predicted molar refractivity (Wildman–Crippen MR) is 70.8 cm³/mol. The van der Waals surface area contributed by atoms with Crippen molar-refractivity contribution >= 4 is 29.1 Å². The molecular formula is C13H15ClN2O2. The number of hydrogen-bond donors (Lipinski definition) is 1. The fourth-order valence-electron chi connectivity index (χ4n) is 2.10. The number of hydrogen-bond acceptors (Lipinski definition) is 2. The van der Waals surface area contributed by atoms with E-state index in [2.05, 4.69) is 5.32 Å². The van der Waals surface area contributed by atoms with Crippen LogP contribution in [0.4, 0.5) is 5.69 Å². The second-order valence-corrected chi connectivity index (χ2v) is 4.64. The third kappa shape index (κ3) is 2.64. The lowest BCUT2D eigenvalue weighted by Crippen LogP contribution is -2.42. The van der Waals surface area contributed by atoms with Gasteiger partial charge in [0.15, 0.2) is 0 Å². The average molecular weight is 267 g/mol. The van der Waals surface area contributed by atoms with Gasteiger partial charge < -0.3 is 10.2 Å². The third-order valence-electron chi connectivity index (χ3n) is 2.98. The van der Waals surface area contributed by atoms with Crippen molar-refractivity contribution in [3.05, 3.63) is 29.8 Å². The number of amides is 2. The zero-order valence-corrected chi connectivity index (χ0v) is 10.9. The Hall–Kier alpha value is -1.55. The Morgan fingerprint density at radius 3 is 3.00 bits per heavy atom. The summed E-state index contributed by atoms with van der Waals surface area (Å²) in [6.07, 6.45) is 0.620. The van der Waals surface area contributed by atoms with Gasteiger partial charge in [0.2, 0.25) is 11.8 Å². The van der Waals surface area contributed by atoms with Crippen LogP contribution in [0.3, 0.4) is 0 Å². The highest BCUT2D eigenvalue weighted by atomic mass is 35.5. The molecule has 1 fully saturated rings. The Kier molecular flexibility index (Phi) is 3.87. The van der Waals surface area contributed by atoms with Gasteiger partial charge >= 0.3 is 0 Å². The van der Waals surface area contributed by atoms with E-state index < -0.39 is 6.04 Å². The summed E-state index contributed by atoms with van der Waals surface area (Å²) in [5.41, 5.74) is 1.98. The average Bonchev–Trinajstić information content (AvgIpc) is 2.71. The summed E-state index contributed by atoms with van der Waals surface area (Å²) in [4.78, 5) is 25.0. The molecule has 1 aromatic rings. The second-order valence-electron chi connectivity index (χ2n) is 4.37. The molecule has 96 valence electrons. The van der Waals surface area contributed by atoms with Crippen LogP contribution in [-0.2, 0) is 9.59 Å². The van der Waals surface area contributed by atoms with Crippen molar-refractivity contribution < 1.29 is 9.59 Å². The Labute approximate surface area is 111 Å². The van der Waals surface area contributed by atoms with Crippen LogP contribution in [0.15, 0.2) is 24.3 Å². The van der Waals surface area contributed by atoms with E-state index in [9.17, 15) is 9.59 Å². The van der Waals surface area contributed by atoms with Gasteiger partial charge in [-0.2, -0.15) is 0 Å². The summed E-state index contributed by atoms with van der Waals surface area (Å²) in [7, 11) is 0. The second kappa shape index (κ2) is 5.40. The lowest BCUT2D eigenvalue weighted by molar-refractivity contribution is -0.125. The molecule has 0 radical (unpaired) electrons. The zero-order chi connectivity index (χ0) is 13.1. The molecule has 1 atom stereocenters. The number of nitrogens with one attached hydrogen (secondary N) is 1. The van der Waals surface area contributed by atoms with E-state index in [1.807, 2.05) is 31.2 Å². The lowest BCUT2D eigenvalue weighted by atomic mass is 10.2. The molecule has 5 heteroatoms. The molecule has 1 N–H and O–H groups in total. The maximum atomic E-state index is 12.1. The minimum atomic E-state index is -0.447. The van der Waals surface area contributed by atoms with Crippen molar-refractivity contribution in [2.75, 3.05) is 17.3 Å². The van der Waals surface area contributed by atoms with E-state index in [1.165, 1.54) is 0 Å². The van der Waals surface area contributed by atoms with Gasteiger partial charge in [-0.05, 0) is 31.0 Å². The van der Waals surface area contributed by atoms with Gasteiger partial charge in [0.1, 0.15) is 11.9 Å². The standard InChI is InChI=1S/C13H15ClN2O2/c1-9-3-2-4-10(7-9)16-6-5-11(13(16)18)15-12(17)8-14/h2-4,7,11H,5-6,8H2,1H3,(H,15,17). The fraction of sp³-hybridized carbons (Fsp3) is 0.385. The summed E-state index contributed by atoms with van der Waals surface area (Å²) >= 11 is 5.42. The minimum absolute atomic E-state index is 0.0703. The predicted octanol–water partition coefficient (Wildman–Crippen LogP) is 1.46. The van der Waals surface area contributed by atoms with Crippen LogP contribution >= 0.6 is 11.6 Å². The van der Waals surface area contributed by atoms with Gasteiger partial charge in [-0.15, -0.1) is 11.6 Å². The van der Waals surface area contributed by atoms with E-state index in [0.717, 1.165) is 11.3 Å². The van der Waals surface area contributed by atoms with Crippen molar-refractivity contribution in [3.63, 3.8) is 0 Å². The molecule has 1 aliphatic rings. The first-order valence-electron chi connectivity index (χ1n) is 5.85. The Morgan fingerprint density at radius 1 is 1.56 bits per heavy atom. The Morgan fingerprint density at radius 2 is 2.33 bits per heavy atom. The molecule has 0 spiro atoms. The van der Waals surface area contributed by atoms with E-state index >= 15 is 0 Å². The van der Waals surface area contributed by atoms with Crippen LogP contribution in [0.1, 0.15) is 12.0 Å². The van der Waals surface area contributed by atoms with E-state index in [4.69, 9.17) is 11.6 Å². The first-order chi connectivity index (χ1) is 8.61. The number of aryl methyl sites for hydroxylation is 1. The van der Waals surface area contributed by atoms with Crippen molar-refractivity contribution in [2.45, 2.75) is 19.4 Å². The summed E-state index contributed by atoms with van der Waals surface area (Å²) in [5.74, 6) is -0.492. The zero-order valence-electron chi connectivity index (χ0n) is 10.1. The molecule has 2 rings (SSSR count). The molecule has 4 nitrogen and oxygen atoms in total. The van der Waals surface area contributed by atoms with Crippen LogP contribution < -0.4 is 10.2 Å². The summed E-state index contributed by atoms with van der Waals surface area (Å²) in [5, 5.41) is 2.63. The van der Waals surface area contributed by atoms with Crippen LogP contribution in [-0.4, -0.2) is 30.3 Å². The largest absolute Gasteiger partial charge is 0.343 e. The van der Waals surface area contributed by atoms with E-state index in [-0.39, 0.29) is 17.7 Å². The molecule has 0 bridgehead atoms. The topological polar surface area (TPSA) is 49.4 Å². The van der Waals surface area contributed by atoms with Crippen LogP contribution in [0, 0.1) is 6.92 Å². The van der Waals surface area contributed by atoms with Gasteiger partial charge in [0.05, 0.1) is 0 Å². The SMILES string of the molecule is Cc1cccc(N2CCC(NC(=O)CCl)C2=O)c1. The number of alkyl halides is 1. The molecule has 1 saturated heterocycles. The molecule has 1 aliphatic heterocycles. The number of nitrogens with zero attached hydrogens (tertiary/aromatic N) is 1. The third-order valence-corrected chi connectivity index (χ3v) is 3.22. The first-order valence-corrected chi connectivity index (χ1v) is 6.38. The highest BCUT2D eigenvalue weighted by Crippen LogP contribution is 2.22. The normalized spacial score (nSPS) is 19.1. The molecule has 1 aromatic carbocycles. The minimum Gasteiger partial charge on any atom is -0.343 e. The monoisotopic (exact) mass is 266 g/mol. The maximum Gasteiger partial charge on any atom is 0.249 e. The Balaban J connectivity index is 2.09. The number of benzene rings is 1. The highest BCUT2D eigenvalue weighted by Gasteiger charge is 2.33. The molecule has 0 aromatic heterocycles. The van der Waals surface area contributed by atoms with Crippen molar-refractivity contribution in [3.8, 4) is 0 Å². The van der Waals surface area contributed by atoms with Gasteiger partial charge in [-0.3, -0.25) is 9.59 Å². The molecule has 0 aliphatic carbocycles.